The van der Waals surface area contributed by atoms with Crippen molar-refractivity contribution in [1.29, 1.82) is 0 Å². The molecule has 3 rings (SSSR count). The predicted octanol–water partition coefficient (Wildman–Crippen LogP) is 1.60. The van der Waals surface area contributed by atoms with Crippen LogP contribution in [0, 0.1) is 20.8 Å². The van der Waals surface area contributed by atoms with E-state index >= 15 is 0 Å². The van der Waals surface area contributed by atoms with Gasteiger partial charge in [-0.15, -0.1) is 10.2 Å². The lowest BCUT2D eigenvalue weighted by molar-refractivity contribution is 0.401. The Morgan fingerprint density at radius 3 is 2.58 bits per heavy atom. The van der Waals surface area contributed by atoms with Crippen LogP contribution in [0.4, 0.5) is 0 Å². The number of aromatic nitrogens is 4. The quantitative estimate of drug-likeness (QED) is 0.735. The van der Waals surface area contributed by atoms with E-state index in [0.717, 1.165) is 11.1 Å². The van der Waals surface area contributed by atoms with Crippen LogP contribution in [-0.2, 0) is 16.6 Å². The summed E-state index contributed by atoms with van der Waals surface area (Å²) < 4.78 is 34.6. The van der Waals surface area contributed by atoms with Crippen LogP contribution in [-0.4, -0.2) is 35.3 Å². The first-order valence-corrected chi connectivity index (χ1v) is 9.44. The van der Waals surface area contributed by atoms with Gasteiger partial charge in [-0.25, -0.2) is 13.1 Å². The zero-order valence-electron chi connectivity index (χ0n) is 13.7. The summed E-state index contributed by atoms with van der Waals surface area (Å²) in [6, 6.07) is 3.33. The van der Waals surface area contributed by atoms with E-state index in [9.17, 15) is 8.42 Å². The van der Waals surface area contributed by atoms with Crippen molar-refractivity contribution in [3.05, 3.63) is 34.1 Å². The van der Waals surface area contributed by atoms with Crippen molar-refractivity contribution >= 4 is 26.3 Å². The lowest BCUT2D eigenvalue weighted by Gasteiger charge is -2.12. The summed E-state index contributed by atoms with van der Waals surface area (Å²) in [4.78, 5) is 0.748. The fourth-order valence-electron chi connectivity index (χ4n) is 2.19. The van der Waals surface area contributed by atoms with Gasteiger partial charge in [0.2, 0.25) is 15.0 Å². The molecule has 2 heterocycles. The van der Waals surface area contributed by atoms with Crippen molar-refractivity contribution in [1.82, 2.24) is 24.5 Å². The lowest BCUT2D eigenvalue weighted by Crippen LogP contribution is -2.24. The largest absolute Gasteiger partial charge is 0.495 e. The molecule has 2 aromatic heterocycles. The minimum atomic E-state index is -3.72. The summed E-state index contributed by atoms with van der Waals surface area (Å²) in [6.45, 7) is 5.63. The predicted molar refractivity (Wildman–Crippen MR) is 89.9 cm³/mol. The number of hydrogen-bond acceptors (Lipinski definition) is 7. The Labute approximate surface area is 143 Å². The molecule has 0 amide bonds. The van der Waals surface area contributed by atoms with Gasteiger partial charge in [-0.05, 0) is 44.0 Å². The van der Waals surface area contributed by atoms with Crippen LogP contribution >= 0.6 is 11.3 Å². The van der Waals surface area contributed by atoms with Gasteiger partial charge in [0.25, 0.3) is 0 Å². The molecule has 1 aromatic carbocycles. The number of nitrogens with one attached hydrogen (secondary N) is 1. The SMILES string of the molecule is COc1cc(C)c(C)cc1S(=O)(=O)NCc1nn2c(C)nnc2s1. The molecule has 0 aliphatic carbocycles. The van der Waals surface area contributed by atoms with E-state index in [1.165, 1.54) is 18.4 Å². The third kappa shape index (κ3) is 2.99. The van der Waals surface area contributed by atoms with Crippen molar-refractivity contribution in [2.45, 2.75) is 32.2 Å². The molecule has 10 heteroatoms. The number of fused-ring (bicyclic) bond motifs is 1. The Bertz CT molecular complexity index is 1010. The van der Waals surface area contributed by atoms with Crippen LogP contribution in [0.25, 0.3) is 4.96 Å². The van der Waals surface area contributed by atoms with Crippen molar-refractivity contribution < 1.29 is 13.2 Å². The summed E-state index contributed by atoms with van der Waals surface area (Å²) in [5.74, 6) is 0.978. The van der Waals surface area contributed by atoms with E-state index in [1.807, 2.05) is 13.8 Å². The normalized spacial score (nSPS) is 12.0. The van der Waals surface area contributed by atoms with Gasteiger partial charge in [-0.3, -0.25) is 0 Å². The van der Waals surface area contributed by atoms with Crippen LogP contribution in [0.15, 0.2) is 17.0 Å². The summed E-state index contributed by atoms with van der Waals surface area (Å²) in [7, 11) is -2.27. The smallest absolute Gasteiger partial charge is 0.244 e. The molecule has 3 aromatic rings. The van der Waals surface area contributed by atoms with E-state index in [2.05, 4.69) is 20.0 Å². The van der Waals surface area contributed by atoms with Crippen LogP contribution in [0.1, 0.15) is 22.0 Å². The van der Waals surface area contributed by atoms with Crippen molar-refractivity contribution in [2.24, 2.45) is 0 Å². The highest BCUT2D eigenvalue weighted by Crippen LogP contribution is 2.27. The summed E-state index contributed by atoms with van der Waals surface area (Å²) in [5, 5.41) is 12.8. The van der Waals surface area contributed by atoms with Crippen molar-refractivity contribution in [3.63, 3.8) is 0 Å². The molecule has 8 nitrogen and oxygen atoms in total. The second-order valence-corrected chi connectivity index (χ2v) is 8.13. The van der Waals surface area contributed by atoms with E-state index in [1.54, 1.807) is 23.6 Å². The number of methoxy groups -OCH3 is 1. The Kier molecular flexibility index (Phi) is 4.28. The second-order valence-electron chi connectivity index (χ2n) is 5.35. The van der Waals surface area contributed by atoms with Gasteiger partial charge in [-0.2, -0.15) is 9.61 Å². The first-order valence-electron chi connectivity index (χ1n) is 7.14. The Hall–Kier alpha value is -2.04. The number of rotatable bonds is 5. The van der Waals surface area contributed by atoms with Crippen LogP contribution in [0.2, 0.25) is 0 Å². The maximum absolute atomic E-state index is 12.6. The van der Waals surface area contributed by atoms with Gasteiger partial charge in [0, 0.05) is 0 Å². The molecule has 0 spiro atoms. The molecule has 24 heavy (non-hydrogen) atoms. The summed E-state index contributed by atoms with van der Waals surface area (Å²) >= 11 is 1.29. The first kappa shape index (κ1) is 16.8. The zero-order chi connectivity index (χ0) is 17.5. The number of nitrogens with zero attached hydrogens (tertiary/aromatic N) is 4. The Morgan fingerprint density at radius 2 is 1.92 bits per heavy atom. The topological polar surface area (TPSA) is 98.5 Å². The molecule has 0 unspecified atom stereocenters. The molecule has 128 valence electrons. The van der Waals surface area contributed by atoms with Gasteiger partial charge in [0.15, 0.2) is 5.82 Å². The van der Waals surface area contributed by atoms with E-state index < -0.39 is 10.0 Å². The van der Waals surface area contributed by atoms with Crippen LogP contribution in [0.5, 0.6) is 5.75 Å². The van der Waals surface area contributed by atoms with Crippen LogP contribution in [0.3, 0.4) is 0 Å². The highest BCUT2D eigenvalue weighted by atomic mass is 32.2. The summed E-state index contributed by atoms with van der Waals surface area (Å²) in [5.41, 5.74) is 1.85. The van der Waals surface area contributed by atoms with Crippen molar-refractivity contribution in [2.75, 3.05) is 7.11 Å². The molecule has 0 radical (unpaired) electrons. The van der Waals surface area contributed by atoms with E-state index in [4.69, 9.17) is 4.74 Å². The van der Waals surface area contributed by atoms with Crippen molar-refractivity contribution in [3.8, 4) is 5.75 Å². The number of benzene rings is 1. The number of aryl methyl sites for hydroxylation is 3. The number of ether oxygens (including phenoxy) is 1. The van der Waals surface area contributed by atoms with Gasteiger partial charge < -0.3 is 4.74 Å². The second kappa shape index (κ2) is 6.11. The highest BCUT2D eigenvalue weighted by Gasteiger charge is 2.21. The van der Waals surface area contributed by atoms with E-state index in [0.29, 0.717) is 21.5 Å². The van der Waals surface area contributed by atoms with Crippen LogP contribution < -0.4 is 9.46 Å². The fourth-order valence-corrected chi connectivity index (χ4v) is 4.32. The molecule has 1 N–H and O–H groups in total. The van der Waals surface area contributed by atoms with Gasteiger partial charge in [-0.1, -0.05) is 11.3 Å². The lowest BCUT2D eigenvalue weighted by atomic mass is 10.1. The molecule has 0 atom stereocenters. The first-order chi connectivity index (χ1) is 11.3. The third-order valence-corrected chi connectivity index (χ3v) is 5.99. The molecular weight excluding hydrogens is 350 g/mol. The monoisotopic (exact) mass is 367 g/mol. The number of sulfonamides is 1. The maximum atomic E-state index is 12.6. The highest BCUT2D eigenvalue weighted by molar-refractivity contribution is 7.89. The average molecular weight is 367 g/mol. The average Bonchev–Trinajstić information content (AvgIpc) is 3.09. The molecule has 0 fully saturated rings. The van der Waals surface area contributed by atoms with Gasteiger partial charge in [0.1, 0.15) is 15.7 Å². The fraction of sp³-hybridized carbons (Fsp3) is 0.357. The summed E-state index contributed by atoms with van der Waals surface area (Å²) in [6.07, 6.45) is 0. The minimum Gasteiger partial charge on any atom is -0.495 e. The molecule has 0 saturated heterocycles. The zero-order valence-corrected chi connectivity index (χ0v) is 15.3. The van der Waals surface area contributed by atoms with E-state index in [-0.39, 0.29) is 11.4 Å². The Morgan fingerprint density at radius 1 is 1.21 bits per heavy atom. The number of hydrogen-bond donors (Lipinski definition) is 1. The molecule has 0 aliphatic heterocycles. The molecule has 0 saturated carbocycles. The minimum absolute atomic E-state index is 0.0753. The van der Waals surface area contributed by atoms with Gasteiger partial charge >= 0.3 is 0 Å². The molecular formula is C14H17N5O3S2. The molecule has 0 aliphatic rings. The molecule has 0 bridgehead atoms. The van der Waals surface area contributed by atoms with Gasteiger partial charge in [0.05, 0.1) is 13.7 Å². The standard InChI is InChI=1S/C14H17N5O3S2/c1-8-5-11(22-4)12(6-9(8)2)24(20,21)15-7-13-18-19-10(3)16-17-14(19)23-13/h5-6,15H,7H2,1-4H3. The maximum Gasteiger partial charge on any atom is 0.244 e. The Balaban J connectivity index is 1.87. The third-order valence-electron chi connectivity index (χ3n) is 3.67.